The summed E-state index contributed by atoms with van der Waals surface area (Å²) in [6.07, 6.45) is 1.54. The molecule has 4 heteroatoms. The highest BCUT2D eigenvalue weighted by Gasteiger charge is 2.18. The van der Waals surface area contributed by atoms with Gasteiger partial charge in [-0.15, -0.1) is 0 Å². The van der Waals surface area contributed by atoms with Crippen LogP contribution in [0.1, 0.15) is 42.0 Å². The van der Waals surface area contributed by atoms with Gasteiger partial charge in [0.15, 0.2) is 0 Å². The van der Waals surface area contributed by atoms with Crippen LogP contribution >= 0.6 is 0 Å². The molecule has 1 heterocycles. The summed E-state index contributed by atoms with van der Waals surface area (Å²) in [5.41, 5.74) is 4.47. The third-order valence-corrected chi connectivity index (χ3v) is 3.73. The van der Waals surface area contributed by atoms with Gasteiger partial charge in [0.2, 0.25) is 5.88 Å². The normalized spacial score (nSPS) is 10.8. The number of nitrogens with one attached hydrogen (secondary N) is 1. The average Bonchev–Trinajstić information content (AvgIpc) is 2.47. The van der Waals surface area contributed by atoms with E-state index >= 15 is 0 Å². The number of hydrogen-bond acceptors (Lipinski definition) is 4. The van der Waals surface area contributed by atoms with Gasteiger partial charge in [-0.2, -0.15) is 0 Å². The van der Waals surface area contributed by atoms with Gasteiger partial charge in [-0.25, -0.2) is 9.97 Å². The molecule has 0 unspecified atom stereocenters. The van der Waals surface area contributed by atoms with Crippen LogP contribution in [-0.2, 0) is 0 Å². The first kappa shape index (κ1) is 15.3. The third-order valence-electron chi connectivity index (χ3n) is 3.73. The summed E-state index contributed by atoms with van der Waals surface area (Å²) in [7, 11) is 1.86. The fraction of sp³-hybridized carbons (Fsp3) is 0.412. The first-order valence-corrected chi connectivity index (χ1v) is 7.23. The van der Waals surface area contributed by atoms with E-state index in [-0.39, 0.29) is 5.92 Å². The van der Waals surface area contributed by atoms with Crippen molar-refractivity contribution in [1.29, 1.82) is 0 Å². The van der Waals surface area contributed by atoms with Crippen LogP contribution in [-0.4, -0.2) is 17.0 Å². The second-order valence-corrected chi connectivity index (χ2v) is 5.60. The maximum atomic E-state index is 6.16. The molecule has 0 aliphatic rings. The highest BCUT2D eigenvalue weighted by molar-refractivity contribution is 5.53. The number of benzene rings is 1. The molecule has 2 aromatic rings. The number of nitrogens with zero attached hydrogens (tertiary/aromatic N) is 2. The van der Waals surface area contributed by atoms with Crippen molar-refractivity contribution >= 4 is 5.82 Å². The molecule has 4 nitrogen and oxygen atoms in total. The molecule has 21 heavy (non-hydrogen) atoms. The highest BCUT2D eigenvalue weighted by atomic mass is 16.5. The quantitative estimate of drug-likeness (QED) is 0.906. The molecule has 0 fully saturated rings. The van der Waals surface area contributed by atoms with Crippen LogP contribution < -0.4 is 10.1 Å². The summed E-state index contributed by atoms with van der Waals surface area (Å²) in [5.74, 6) is 2.60. The molecular formula is C17H23N3O. The number of anilines is 1. The molecule has 0 bridgehead atoms. The standard InChI is InChI=1S/C17H23N3O/c1-10(2)14-16(18-6)19-9-20-17(14)21-15-12(4)8-7-11(3)13(15)5/h7-10H,1-6H3,(H,18,19,20). The molecule has 112 valence electrons. The van der Waals surface area contributed by atoms with Crippen molar-refractivity contribution in [2.45, 2.75) is 40.5 Å². The largest absolute Gasteiger partial charge is 0.438 e. The van der Waals surface area contributed by atoms with Crippen LogP contribution in [0.4, 0.5) is 5.82 Å². The maximum Gasteiger partial charge on any atom is 0.227 e. The lowest BCUT2D eigenvalue weighted by Crippen LogP contribution is -2.05. The Morgan fingerprint density at radius 2 is 1.71 bits per heavy atom. The van der Waals surface area contributed by atoms with Crippen LogP contribution in [0.15, 0.2) is 18.5 Å². The summed E-state index contributed by atoms with van der Waals surface area (Å²) in [6.45, 7) is 10.4. The summed E-state index contributed by atoms with van der Waals surface area (Å²) < 4.78 is 6.16. The van der Waals surface area contributed by atoms with E-state index in [9.17, 15) is 0 Å². The number of hydrogen-bond donors (Lipinski definition) is 1. The minimum Gasteiger partial charge on any atom is -0.438 e. The molecule has 0 amide bonds. The summed E-state index contributed by atoms with van der Waals surface area (Å²) >= 11 is 0. The van der Waals surface area contributed by atoms with Gasteiger partial charge >= 0.3 is 0 Å². The molecular weight excluding hydrogens is 262 g/mol. The number of aryl methyl sites for hydroxylation is 2. The molecule has 0 saturated carbocycles. The lowest BCUT2D eigenvalue weighted by atomic mass is 10.0. The summed E-state index contributed by atoms with van der Waals surface area (Å²) in [4.78, 5) is 8.62. The van der Waals surface area contributed by atoms with E-state index in [2.05, 4.69) is 62.0 Å². The molecule has 0 spiro atoms. The third kappa shape index (κ3) is 2.99. The molecule has 0 atom stereocenters. The predicted molar refractivity (Wildman–Crippen MR) is 86.4 cm³/mol. The molecule has 0 saturated heterocycles. The van der Waals surface area contributed by atoms with E-state index in [1.165, 1.54) is 11.9 Å². The van der Waals surface area contributed by atoms with Crippen LogP contribution in [0.25, 0.3) is 0 Å². The van der Waals surface area contributed by atoms with Crippen molar-refractivity contribution in [3.05, 3.63) is 40.7 Å². The van der Waals surface area contributed by atoms with Gasteiger partial charge < -0.3 is 10.1 Å². The zero-order valence-electron chi connectivity index (χ0n) is 13.6. The Hall–Kier alpha value is -2.10. The van der Waals surface area contributed by atoms with Gasteiger partial charge in [0.25, 0.3) is 0 Å². The van der Waals surface area contributed by atoms with Crippen molar-refractivity contribution < 1.29 is 4.74 Å². The second-order valence-electron chi connectivity index (χ2n) is 5.60. The molecule has 0 radical (unpaired) electrons. The topological polar surface area (TPSA) is 47.0 Å². The minimum atomic E-state index is 0.272. The van der Waals surface area contributed by atoms with Crippen LogP contribution in [0.5, 0.6) is 11.6 Å². The molecule has 0 aliphatic carbocycles. The van der Waals surface area contributed by atoms with Crippen LogP contribution in [0.2, 0.25) is 0 Å². The number of rotatable bonds is 4. The van der Waals surface area contributed by atoms with E-state index in [0.717, 1.165) is 28.3 Å². The van der Waals surface area contributed by atoms with Crippen molar-refractivity contribution in [3.63, 3.8) is 0 Å². The Kier molecular flexibility index (Phi) is 4.46. The van der Waals surface area contributed by atoms with E-state index in [1.807, 2.05) is 7.05 Å². The monoisotopic (exact) mass is 285 g/mol. The van der Waals surface area contributed by atoms with E-state index in [4.69, 9.17) is 4.74 Å². The van der Waals surface area contributed by atoms with Gasteiger partial charge in [0, 0.05) is 7.05 Å². The average molecular weight is 285 g/mol. The lowest BCUT2D eigenvalue weighted by molar-refractivity contribution is 0.445. The second kappa shape index (κ2) is 6.12. The molecule has 1 N–H and O–H groups in total. The van der Waals surface area contributed by atoms with Crippen LogP contribution in [0.3, 0.4) is 0 Å². The van der Waals surface area contributed by atoms with Crippen molar-refractivity contribution in [1.82, 2.24) is 9.97 Å². The van der Waals surface area contributed by atoms with Crippen molar-refractivity contribution in [3.8, 4) is 11.6 Å². The smallest absolute Gasteiger partial charge is 0.227 e. The van der Waals surface area contributed by atoms with E-state index in [0.29, 0.717) is 5.88 Å². The molecule has 0 aliphatic heterocycles. The Morgan fingerprint density at radius 3 is 2.33 bits per heavy atom. The number of ether oxygens (including phenoxy) is 1. The Morgan fingerprint density at radius 1 is 1.05 bits per heavy atom. The Bertz CT molecular complexity index is 651. The van der Waals surface area contributed by atoms with Crippen LogP contribution in [0, 0.1) is 20.8 Å². The van der Waals surface area contributed by atoms with Gasteiger partial charge in [-0.3, -0.25) is 0 Å². The van der Waals surface area contributed by atoms with E-state index < -0.39 is 0 Å². The fourth-order valence-electron chi connectivity index (χ4n) is 2.36. The summed E-state index contributed by atoms with van der Waals surface area (Å²) in [6, 6.07) is 4.19. The molecule has 2 rings (SSSR count). The van der Waals surface area contributed by atoms with Crippen molar-refractivity contribution in [2.24, 2.45) is 0 Å². The highest BCUT2D eigenvalue weighted by Crippen LogP contribution is 2.35. The Labute approximate surface area is 126 Å². The van der Waals surface area contributed by atoms with Gasteiger partial charge in [-0.05, 0) is 43.4 Å². The molecule has 1 aromatic heterocycles. The fourth-order valence-corrected chi connectivity index (χ4v) is 2.36. The minimum absolute atomic E-state index is 0.272. The maximum absolute atomic E-state index is 6.16. The van der Waals surface area contributed by atoms with Gasteiger partial charge in [0.05, 0.1) is 5.56 Å². The first-order valence-electron chi connectivity index (χ1n) is 7.23. The number of aromatic nitrogens is 2. The van der Waals surface area contributed by atoms with E-state index in [1.54, 1.807) is 0 Å². The Balaban J connectivity index is 2.52. The zero-order chi connectivity index (χ0) is 15.6. The zero-order valence-corrected chi connectivity index (χ0v) is 13.6. The van der Waals surface area contributed by atoms with Crippen molar-refractivity contribution in [2.75, 3.05) is 12.4 Å². The van der Waals surface area contributed by atoms with Gasteiger partial charge in [-0.1, -0.05) is 26.0 Å². The predicted octanol–water partition coefficient (Wildman–Crippen LogP) is 4.36. The summed E-state index contributed by atoms with van der Waals surface area (Å²) in [5, 5.41) is 3.11. The first-order chi connectivity index (χ1) is 9.95. The molecule has 1 aromatic carbocycles. The lowest BCUT2D eigenvalue weighted by Gasteiger charge is -2.18. The van der Waals surface area contributed by atoms with Gasteiger partial charge in [0.1, 0.15) is 17.9 Å². The SMILES string of the molecule is CNc1ncnc(Oc2c(C)ccc(C)c2C)c1C(C)C.